The summed E-state index contributed by atoms with van der Waals surface area (Å²) in [6, 6.07) is -0.834. The smallest absolute Gasteiger partial charge is 0.320 e. The van der Waals surface area contributed by atoms with E-state index in [0.717, 1.165) is 5.01 Å². The van der Waals surface area contributed by atoms with Gasteiger partial charge in [0.1, 0.15) is 6.04 Å². The fourth-order valence-corrected chi connectivity index (χ4v) is 2.97. The number of thiazole rings is 1. The fourth-order valence-electron chi connectivity index (χ4n) is 1.89. The predicted octanol–water partition coefficient (Wildman–Crippen LogP) is 1.67. The van der Waals surface area contributed by atoms with Gasteiger partial charge in [0.25, 0.3) is 0 Å². The summed E-state index contributed by atoms with van der Waals surface area (Å²) in [6.45, 7) is 2.06. The second-order valence-electron chi connectivity index (χ2n) is 4.33. The standard InChI is InChI=1S/C11H16N2O2S/c1-6-10(7-3-2-4-7)13-9(16-6)5-8(12)11(14)15/h7-8H,2-5,12H2,1H3,(H,14,15). The summed E-state index contributed by atoms with van der Waals surface area (Å²) in [5.41, 5.74) is 6.67. The molecule has 0 spiro atoms. The van der Waals surface area contributed by atoms with Gasteiger partial charge in [0.2, 0.25) is 0 Å². The van der Waals surface area contributed by atoms with E-state index in [1.165, 1.54) is 29.8 Å². The lowest BCUT2D eigenvalue weighted by molar-refractivity contribution is -0.138. The molecule has 5 heteroatoms. The van der Waals surface area contributed by atoms with Crippen molar-refractivity contribution in [1.82, 2.24) is 4.98 Å². The molecule has 1 fully saturated rings. The first-order valence-corrected chi connectivity index (χ1v) is 6.34. The van der Waals surface area contributed by atoms with Crippen molar-refractivity contribution < 1.29 is 9.90 Å². The maximum absolute atomic E-state index is 10.6. The van der Waals surface area contributed by atoms with Crippen LogP contribution in [0.3, 0.4) is 0 Å². The van der Waals surface area contributed by atoms with Crippen LogP contribution in [-0.2, 0) is 11.2 Å². The maximum atomic E-state index is 10.6. The lowest BCUT2D eigenvalue weighted by Crippen LogP contribution is -2.32. The van der Waals surface area contributed by atoms with Crippen molar-refractivity contribution in [1.29, 1.82) is 0 Å². The highest BCUT2D eigenvalue weighted by atomic mass is 32.1. The highest BCUT2D eigenvalue weighted by Gasteiger charge is 2.25. The number of carbonyl (C=O) groups is 1. The third-order valence-electron chi connectivity index (χ3n) is 3.08. The Bertz CT molecular complexity index is 399. The summed E-state index contributed by atoms with van der Waals surface area (Å²) in [7, 11) is 0. The van der Waals surface area contributed by atoms with Gasteiger partial charge in [-0.1, -0.05) is 6.42 Å². The number of aliphatic carboxylic acids is 1. The highest BCUT2D eigenvalue weighted by Crippen LogP contribution is 2.38. The predicted molar refractivity (Wildman–Crippen MR) is 62.8 cm³/mol. The Kier molecular flexibility index (Phi) is 3.25. The molecule has 0 aromatic carbocycles. The quantitative estimate of drug-likeness (QED) is 0.839. The van der Waals surface area contributed by atoms with Crippen molar-refractivity contribution in [3.63, 3.8) is 0 Å². The fraction of sp³-hybridized carbons (Fsp3) is 0.636. The van der Waals surface area contributed by atoms with Crippen LogP contribution in [0.5, 0.6) is 0 Å². The van der Waals surface area contributed by atoms with E-state index in [1.807, 2.05) is 0 Å². The van der Waals surface area contributed by atoms with Crippen LogP contribution in [0.2, 0.25) is 0 Å². The van der Waals surface area contributed by atoms with Gasteiger partial charge in [0.05, 0.1) is 10.7 Å². The van der Waals surface area contributed by atoms with E-state index in [2.05, 4.69) is 11.9 Å². The first-order valence-electron chi connectivity index (χ1n) is 5.52. The van der Waals surface area contributed by atoms with Crippen LogP contribution in [0.4, 0.5) is 0 Å². The number of aryl methyl sites for hydroxylation is 1. The Labute approximate surface area is 98.5 Å². The van der Waals surface area contributed by atoms with E-state index >= 15 is 0 Å². The molecule has 1 aromatic heterocycles. The van der Waals surface area contributed by atoms with E-state index in [9.17, 15) is 4.79 Å². The number of carboxylic acid groups (broad SMARTS) is 1. The molecule has 1 heterocycles. The van der Waals surface area contributed by atoms with Gasteiger partial charge in [-0.15, -0.1) is 11.3 Å². The van der Waals surface area contributed by atoms with Crippen LogP contribution in [-0.4, -0.2) is 22.1 Å². The second-order valence-corrected chi connectivity index (χ2v) is 5.61. The van der Waals surface area contributed by atoms with Crippen molar-refractivity contribution in [3.8, 4) is 0 Å². The molecule has 1 aliphatic carbocycles. The summed E-state index contributed by atoms with van der Waals surface area (Å²) in [5.74, 6) is -0.357. The zero-order chi connectivity index (χ0) is 11.7. The Morgan fingerprint density at radius 1 is 1.69 bits per heavy atom. The molecule has 1 unspecified atom stereocenters. The average Bonchev–Trinajstić information content (AvgIpc) is 2.44. The third kappa shape index (κ3) is 2.25. The summed E-state index contributed by atoms with van der Waals surface area (Å²) in [6.07, 6.45) is 4.06. The number of hydrogen-bond acceptors (Lipinski definition) is 4. The summed E-state index contributed by atoms with van der Waals surface area (Å²) >= 11 is 1.58. The van der Waals surface area contributed by atoms with Gasteiger partial charge in [0.15, 0.2) is 0 Å². The first kappa shape index (κ1) is 11.5. The number of hydrogen-bond donors (Lipinski definition) is 2. The van der Waals surface area contributed by atoms with Crippen LogP contribution in [0.15, 0.2) is 0 Å². The normalized spacial score (nSPS) is 18.1. The minimum atomic E-state index is -0.960. The number of nitrogens with zero attached hydrogens (tertiary/aromatic N) is 1. The van der Waals surface area contributed by atoms with Crippen LogP contribution in [0.25, 0.3) is 0 Å². The molecule has 0 radical (unpaired) electrons. The topological polar surface area (TPSA) is 76.2 Å². The number of nitrogens with two attached hydrogens (primary N) is 1. The molecule has 3 N–H and O–H groups in total. The monoisotopic (exact) mass is 240 g/mol. The molecule has 1 aromatic rings. The number of aromatic nitrogens is 1. The molecular formula is C11H16N2O2S. The zero-order valence-corrected chi connectivity index (χ0v) is 10.1. The average molecular weight is 240 g/mol. The molecule has 0 amide bonds. The lowest BCUT2D eigenvalue weighted by Gasteiger charge is -2.24. The van der Waals surface area contributed by atoms with Gasteiger partial charge >= 0.3 is 5.97 Å². The van der Waals surface area contributed by atoms with Gasteiger partial charge in [-0.2, -0.15) is 0 Å². The number of rotatable bonds is 4. The molecule has 0 saturated heterocycles. The summed E-state index contributed by atoms with van der Waals surface area (Å²) in [5, 5.41) is 9.59. The highest BCUT2D eigenvalue weighted by molar-refractivity contribution is 7.11. The lowest BCUT2D eigenvalue weighted by atomic mass is 9.82. The van der Waals surface area contributed by atoms with Crippen molar-refractivity contribution in [2.75, 3.05) is 0 Å². The zero-order valence-electron chi connectivity index (χ0n) is 9.27. The van der Waals surface area contributed by atoms with E-state index in [4.69, 9.17) is 10.8 Å². The molecule has 1 saturated carbocycles. The molecule has 88 valence electrons. The van der Waals surface area contributed by atoms with Crippen molar-refractivity contribution >= 4 is 17.3 Å². The Hall–Kier alpha value is -0.940. The summed E-state index contributed by atoms with van der Waals surface area (Å²) in [4.78, 5) is 16.4. The van der Waals surface area contributed by atoms with E-state index in [-0.39, 0.29) is 0 Å². The number of carboxylic acids is 1. The van der Waals surface area contributed by atoms with Gasteiger partial charge in [-0.3, -0.25) is 4.79 Å². The van der Waals surface area contributed by atoms with Gasteiger partial charge in [-0.25, -0.2) is 4.98 Å². The molecule has 0 bridgehead atoms. The molecule has 4 nitrogen and oxygen atoms in total. The van der Waals surface area contributed by atoms with Crippen molar-refractivity contribution in [2.45, 2.75) is 44.6 Å². The van der Waals surface area contributed by atoms with E-state index in [1.54, 1.807) is 11.3 Å². The molecule has 16 heavy (non-hydrogen) atoms. The van der Waals surface area contributed by atoms with Crippen LogP contribution in [0.1, 0.15) is 40.8 Å². The Morgan fingerprint density at radius 3 is 2.88 bits per heavy atom. The minimum absolute atomic E-state index is 0.341. The van der Waals surface area contributed by atoms with Gasteiger partial charge < -0.3 is 10.8 Å². The van der Waals surface area contributed by atoms with Crippen LogP contribution >= 0.6 is 11.3 Å². The molecule has 1 aliphatic rings. The first-order chi connectivity index (χ1) is 7.58. The SMILES string of the molecule is Cc1sc(CC(N)C(=O)O)nc1C1CCC1. The van der Waals surface area contributed by atoms with E-state index in [0.29, 0.717) is 12.3 Å². The van der Waals surface area contributed by atoms with E-state index < -0.39 is 12.0 Å². The largest absolute Gasteiger partial charge is 0.480 e. The second kappa shape index (κ2) is 4.51. The minimum Gasteiger partial charge on any atom is -0.480 e. The molecular weight excluding hydrogens is 224 g/mol. The molecule has 0 aliphatic heterocycles. The van der Waals surface area contributed by atoms with Crippen molar-refractivity contribution in [3.05, 3.63) is 15.6 Å². The molecule has 1 atom stereocenters. The van der Waals surface area contributed by atoms with Gasteiger partial charge in [0, 0.05) is 17.2 Å². The van der Waals surface area contributed by atoms with Crippen LogP contribution in [0, 0.1) is 6.92 Å². The Morgan fingerprint density at radius 2 is 2.38 bits per heavy atom. The third-order valence-corrected chi connectivity index (χ3v) is 4.09. The van der Waals surface area contributed by atoms with Crippen molar-refractivity contribution in [2.24, 2.45) is 5.73 Å². The maximum Gasteiger partial charge on any atom is 0.320 e. The molecule has 2 rings (SSSR count). The summed E-state index contributed by atoms with van der Waals surface area (Å²) < 4.78 is 0. The van der Waals surface area contributed by atoms with Crippen LogP contribution < -0.4 is 5.73 Å². The Balaban J connectivity index is 2.08. The van der Waals surface area contributed by atoms with Gasteiger partial charge in [-0.05, 0) is 19.8 Å².